The highest BCUT2D eigenvalue weighted by Crippen LogP contribution is 2.25. The molecular weight excluding hydrogens is 396 g/mol. The number of carbonyl (C=O) groups excluding carboxylic acids is 1. The smallest absolute Gasteiger partial charge is 0.162 e. The molecule has 0 saturated heterocycles. The van der Waals surface area contributed by atoms with E-state index in [-0.39, 0.29) is 5.78 Å². The summed E-state index contributed by atoms with van der Waals surface area (Å²) in [6, 6.07) is 12.8. The predicted octanol–water partition coefficient (Wildman–Crippen LogP) is 4.80. The van der Waals surface area contributed by atoms with Crippen molar-refractivity contribution < 1.29 is 4.79 Å². The van der Waals surface area contributed by atoms with Crippen LogP contribution in [0.25, 0.3) is 10.8 Å². The highest BCUT2D eigenvalue weighted by atomic mass is 35.5. The number of rotatable bonds is 5. The van der Waals surface area contributed by atoms with Gasteiger partial charge in [0.2, 0.25) is 0 Å². The van der Waals surface area contributed by atoms with E-state index in [0.29, 0.717) is 28.4 Å². The molecule has 0 saturated carbocycles. The molecule has 0 aliphatic rings. The molecule has 2 aromatic carbocycles. The maximum atomic E-state index is 12.4. The number of fused-ring (bicyclic) bond motifs is 1. The summed E-state index contributed by atoms with van der Waals surface area (Å²) >= 11 is 6.13. The molecule has 6 heteroatoms. The molecule has 148 valence electrons. The molecule has 0 fully saturated rings. The Morgan fingerprint density at radius 1 is 1.10 bits per heavy atom. The maximum absolute atomic E-state index is 12.4. The first kappa shape index (κ1) is 19.7. The summed E-state index contributed by atoms with van der Waals surface area (Å²) in [4.78, 5) is 23.6. The van der Waals surface area contributed by atoms with Crippen molar-refractivity contribution in [3.05, 3.63) is 88.6 Å². The molecule has 0 radical (unpaired) electrons. The van der Waals surface area contributed by atoms with Gasteiger partial charge in [0.1, 0.15) is 5.82 Å². The number of aryl methyl sites for hydroxylation is 1. The lowest BCUT2D eigenvalue weighted by atomic mass is 10.0. The van der Waals surface area contributed by atoms with Gasteiger partial charge in [-0.3, -0.25) is 4.79 Å². The molecule has 0 bridgehead atoms. The van der Waals surface area contributed by atoms with E-state index in [1.807, 2.05) is 42.5 Å². The minimum Gasteiger partial charge on any atom is -0.383 e. The molecule has 4 aromatic rings. The Hall–Kier alpha value is -3.62. The standard InChI is InChI=1S/C24H19ClN4O/c25-19-10-9-18-13-28-24(26)21(22(18)12-19)11-6-16-4-7-17(8-5-16)23(30)3-1-2-20-14-27-15-29-20/h4-5,7-10,12-15H,1-3H2,(H2,26,28)(H,27,29). The molecule has 2 heterocycles. The van der Waals surface area contributed by atoms with Crippen LogP contribution in [0.5, 0.6) is 0 Å². The third kappa shape index (κ3) is 4.51. The Balaban J connectivity index is 1.48. The van der Waals surface area contributed by atoms with E-state index in [1.54, 1.807) is 18.7 Å². The van der Waals surface area contributed by atoms with E-state index in [0.717, 1.165) is 34.9 Å². The quantitative estimate of drug-likeness (QED) is 0.363. The van der Waals surface area contributed by atoms with Crippen LogP contribution in [0.2, 0.25) is 5.02 Å². The molecule has 0 aliphatic carbocycles. The van der Waals surface area contributed by atoms with E-state index in [9.17, 15) is 4.79 Å². The van der Waals surface area contributed by atoms with Gasteiger partial charge in [-0.05, 0) is 37.1 Å². The molecule has 0 atom stereocenters. The summed E-state index contributed by atoms with van der Waals surface area (Å²) in [5.41, 5.74) is 9.20. The van der Waals surface area contributed by atoms with Crippen LogP contribution in [0.3, 0.4) is 0 Å². The first-order valence-corrected chi connectivity index (χ1v) is 9.94. The van der Waals surface area contributed by atoms with Gasteiger partial charge in [0.05, 0.1) is 11.9 Å². The number of ketones is 1. The monoisotopic (exact) mass is 414 g/mol. The Kier molecular flexibility index (Phi) is 5.78. The number of nitrogens with one attached hydrogen (secondary N) is 1. The first-order valence-electron chi connectivity index (χ1n) is 9.56. The van der Waals surface area contributed by atoms with Crippen LogP contribution in [0.15, 0.2) is 61.2 Å². The van der Waals surface area contributed by atoms with Crippen LogP contribution in [0.1, 0.15) is 40.0 Å². The summed E-state index contributed by atoms with van der Waals surface area (Å²) in [5, 5.41) is 2.41. The number of nitrogens with two attached hydrogens (primary N) is 1. The third-order valence-electron chi connectivity index (χ3n) is 4.83. The van der Waals surface area contributed by atoms with Crippen LogP contribution in [-0.2, 0) is 6.42 Å². The number of anilines is 1. The van der Waals surface area contributed by atoms with Crippen molar-refractivity contribution in [2.24, 2.45) is 0 Å². The molecule has 0 aliphatic heterocycles. The molecule has 30 heavy (non-hydrogen) atoms. The second kappa shape index (κ2) is 8.81. The topological polar surface area (TPSA) is 84.7 Å². The van der Waals surface area contributed by atoms with Crippen molar-refractivity contribution in [3.63, 3.8) is 0 Å². The van der Waals surface area contributed by atoms with Crippen molar-refractivity contribution in [3.8, 4) is 11.8 Å². The number of carbonyl (C=O) groups is 1. The third-order valence-corrected chi connectivity index (χ3v) is 5.06. The number of aromatic nitrogens is 3. The van der Waals surface area contributed by atoms with Crippen LogP contribution >= 0.6 is 11.6 Å². The normalized spacial score (nSPS) is 10.6. The number of hydrogen-bond acceptors (Lipinski definition) is 4. The van der Waals surface area contributed by atoms with Crippen molar-refractivity contribution in [1.82, 2.24) is 15.0 Å². The SMILES string of the molecule is Nc1ncc2ccc(Cl)cc2c1C#Cc1ccc(C(=O)CCCc2cnc[nH]2)cc1. The number of aromatic amines is 1. The van der Waals surface area contributed by atoms with Gasteiger partial charge < -0.3 is 10.7 Å². The lowest BCUT2D eigenvalue weighted by Gasteiger charge is -2.04. The summed E-state index contributed by atoms with van der Waals surface area (Å²) < 4.78 is 0. The van der Waals surface area contributed by atoms with Crippen LogP contribution < -0.4 is 5.73 Å². The Labute approximate surface area is 179 Å². The molecule has 5 nitrogen and oxygen atoms in total. The van der Waals surface area contributed by atoms with Crippen molar-refractivity contribution in [2.75, 3.05) is 5.73 Å². The van der Waals surface area contributed by atoms with Gasteiger partial charge in [-0.1, -0.05) is 41.6 Å². The van der Waals surface area contributed by atoms with Gasteiger partial charge in [-0.25, -0.2) is 9.97 Å². The number of benzene rings is 2. The van der Waals surface area contributed by atoms with Crippen LogP contribution in [-0.4, -0.2) is 20.7 Å². The van der Waals surface area contributed by atoms with Gasteiger partial charge >= 0.3 is 0 Å². The van der Waals surface area contributed by atoms with Gasteiger partial charge in [0.15, 0.2) is 5.78 Å². The van der Waals surface area contributed by atoms with E-state index < -0.39 is 0 Å². The fourth-order valence-electron chi connectivity index (χ4n) is 3.21. The first-order chi connectivity index (χ1) is 14.6. The average molecular weight is 415 g/mol. The number of Topliss-reactive ketones (excluding diaryl/α,β-unsaturated/α-hetero) is 1. The summed E-state index contributed by atoms with van der Waals surface area (Å²) in [6.07, 6.45) is 7.21. The molecule has 4 rings (SSSR count). The lowest BCUT2D eigenvalue weighted by molar-refractivity contribution is 0.0980. The summed E-state index contributed by atoms with van der Waals surface area (Å²) in [6.45, 7) is 0. The fraction of sp³-hybridized carbons (Fsp3) is 0.125. The molecule has 0 unspecified atom stereocenters. The second-order valence-electron chi connectivity index (χ2n) is 6.93. The Bertz CT molecular complexity index is 1250. The maximum Gasteiger partial charge on any atom is 0.162 e. The highest BCUT2D eigenvalue weighted by Gasteiger charge is 2.07. The minimum atomic E-state index is 0.117. The van der Waals surface area contributed by atoms with Crippen molar-refractivity contribution in [2.45, 2.75) is 19.3 Å². The van der Waals surface area contributed by atoms with Crippen molar-refractivity contribution in [1.29, 1.82) is 0 Å². The number of nitrogens with zero attached hydrogens (tertiary/aromatic N) is 2. The lowest BCUT2D eigenvalue weighted by Crippen LogP contribution is -2.00. The number of hydrogen-bond donors (Lipinski definition) is 2. The fourth-order valence-corrected chi connectivity index (χ4v) is 3.38. The van der Waals surface area contributed by atoms with Crippen LogP contribution in [0, 0.1) is 11.8 Å². The number of H-pyrrole nitrogens is 1. The minimum absolute atomic E-state index is 0.117. The van der Waals surface area contributed by atoms with Gasteiger partial charge in [-0.15, -0.1) is 0 Å². The number of pyridine rings is 1. The zero-order chi connectivity index (χ0) is 20.9. The average Bonchev–Trinajstić information content (AvgIpc) is 3.27. The number of imidazole rings is 1. The van der Waals surface area contributed by atoms with E-state index in [2.05, 4.69) is 26.8 Å². The van der Waals surface area contributed by atoms with Crippen molar-refractivity contribution >= 4 is 34.0 Å². The molecule has 2 aromatic heterocycles. The van der Waals surface area contributed by atoms with Crippen LogP contribution in [0.4, 0.5) is 5.82 Å². The Morgan fingerprint density at radius 2 is 1.93 bits per heavy atom. The predicted molar refractivity (Wildman–Crippen MR) is 119 cm³/mol. The van der Waals surface area contributed by atoms with Gasteiger partial charge in [-0.2, -0.15) is 0 Å². The molecular formula is C24H19ClN4O. The summed E-state index contributed by atoms with van der Waals surface area (Å²) in [5.74, 6) is 6.69. The Morgan fingerprint density at radius 3 is 2.70 bits per heavy atom. The van der Waals surface area contributed by atoms with E-state index in [4.69, 9.17) is 17.3 Å². The van der Waals surface area contributed by atoms with E-state index >= 15 is 0 Å². The van der Waals surface area contributed by atoms with Gasteiger partial charge in [0.25, 0.3) is 0 Å². The zero-order valence-electron chi connectivity index (χ0n) is 16.2. The zero-order valence-corrected chi connectivity index (χ0v) is 16.9. The van der Waals surface area contributed by atoms with Gasteiger partial charge in [0, 0.05) is 51.4 Å². The molecule has 3 N–H and O–H groups in total. The highest BCUT2D eigenvalue weighted by molar-refractivity contribution is 6.31. The number of halogens is 1. The molecule has 0 spiro atoms. The largest absolute Gasteiger partial charge is 0.383 e. The van der Waals surface area contributed by atoms with E-state index in [1.165, 1.54) is 0 Å². The second-order valence-corrected chi connectivity index (χ2v) is 7.37. The molecule has 0 amide bonds. The summed E-state index contributed by atoms with van der Waals surface area (Å²) in [7, 11) is 0. The number of nitrogen functional groups attached to an aromatic ring is 1.